The summed E-state index contributed by atoms with van der Waals surface area (Å²) < 4.78 is 2.60. The van der Waals surface area contributed by atoms with Crippen molar-refractivity contribution in [2.24, 2.45) is 0 Å². The molecule has 3 heteroatoms. The zero-order chi connectivity index (χ0) is 37.1. The number of thiophene rings is 1. The molecule has 262 valence electrons. The van der Waals surface area contributed by atoms with Crippen LogP contribution in [0.3, 0.4) is 0 Å². The van der Waals surface area contributed by atoms with E-state index in [1.807, 2.05) is 17.4 Å². The molecule has 2 aromatic heterocycles. The summed E-state index contributed by atoms with van der Waals surface area (Å²) >= 11 is 1.85. The maximum atomic E-state index is 5.31. The lowest BCUT2D eigenvalue weighted by Gasteiger charge is -2.34. The summed E-state index contributed by atoms with van der Waals surface area (Å²) in [7, 11) is 0. The van der Waals surface area contributed by atoms with Crippen molar-refractivity contribution >= 4 is 31.5 Å². The molecule has 0 amide bonds. The summed E-state index contributed by atoms with van der Waals surface area (Å²) in [6.45, 7) is 0. The first-order chi connectivity index (χ1) is 27.8. The van der Waals surface area contributed by atoms with Crippen LogP contribution in [0.2, 0.25) is 0 Å². The summed E-state index contributed by atoms with van der Waals surface area (Å²) in [5.74, 6) is 0.701. The van der Waals surface area contributed by atoms with Crippen LogP contribution in [0, 0.1) is 0 Å². The van der Waals surface area contributed by atoms with Crippen LogP contribution in [-0.4, -0.2) is 9.97 Å². The Kier molecular flexibility index (Phi) is 7.61. The minimum absolute atomic E-state index is 0.500. The Morgan fingerprint density at radius 1 is 0.339 bits per heavy atom. The first kappa shape index (κ1) is 32.5. The molecule has 1 aliphatic rings. The van der Waals surface area contributed by atoms with Gasteiger partial charge in [0.15, 0.2) is 5.82 Å². The molecule has 8 aromatic carbocycles. The molecule has 1 aliphatic carbocycles. The number of rotatable bonds is 6. The highest BCUT2D eigenvalue weighted by Crippen LogP contribution is 2.56. The van der Waals surface area contributed by atoms with Gasteiger partial charge >= 0.3 is 0 Å². The molecule has 0 saturated carbocycles. The third-order valence-electron chi connectivity index (χ3n) is 11.4. The summed E-state index contributed by atoms with van der Waals surface area (Å²) in [6, 6.07) is 74.5. The Labute approximate surface area is 330 Å². The van der Waals surface area contributed by atoms with Crippen LogP contribution >= 0.6 is 11.3 Å². The molecular formula is C53H34N2S. The fraction of sp³-hybridized carbons (Fsp3) is 0.0189. The summed E-state index contributed by atoms with van der Waals surface area (Å²) in [5.41, 5.74) is 14.3. The van der Waals surface area contributed by atoms with Crippen molar-refractivity contribution in [1.29, 1.82) is 0 Å². The fourth-order valence-electron chi connectivity index (χ4n) is 8.92. The molecule has 0 atom stereocenters. The number of hydrogen-bond acceptors (Lipinski definition) is 3. The number of fused-ring (bicyclic) bond motifs is 6. The molecule has 10 aromatic rings. The lowest BCUT2D eigenvalue weighted by atomic mass is 9.67. The summed E-state index contributed by atoms with van der Waals surface area (Å²) in [6.07, 6.45) is 0. The van der Waals surface area contributed by atoms with E-state index in [1.54, 1.807) is 0 Å². The topological polar surface area (TPSA) is 25.8 Å². The molecule has 2 nitrogen and oxygen atoms in total. The largest absolute Gasteiger partial charge is 0.228 e. The zero-order valence-electron chi connectivity index (χ0n) is 30.4. The Morgan fingerprint density at radius 2 is 0.911 bits per heavy atom. The average Bonchev–Trinajstić information content (AvgIpc) is 3.80. The monoisotopic (exact) mass is 730 g/mol. The van der Waals surface area contributed by atoms with Gasteiger partial charge in [0.1, 0.15) is 0 Å². The molecule has 56 heavy (non-hydrogen) atoms. The number of benzene rings is 8. The van der Waals surface area contributed by atoms with Crippen molar-refractivity contribution in [3.63, 3.8) is 0 Å². The second kappa shape index (κ2) is 13.1. The van der Waals surface area contributed by atoms with Crippen LogP contribution in [0.15, 0.2) is 206 Å². The number of aromatic nitrogens is 2. The van der Waals surface area contributed by atoms with E-state index in [2.05, 4.69) is 200 Å². The highest BCUT2D eigenvalue weighted by atomic mass is 32.1. The molecule has 11 rings (SSSR count). The Hall–Kier alpha value is -6.94. The van der Waals surface area contributed by atoms with E-state index in [0.717, 1.165) is 33.6 Å². The van der Waals surface area contributed by atoms with Crippen molar-refractivity contribution in [2.75, 3.05) is 0 Å². The summed E-state index contributed by atoms with van der Waals surface area (Å²) in [4.78, 5) is 10.6. The molecule has 0 spiro atoms. The second-order valence-electron chi connectivity index (χ2n) is 14.5. The minimum atomic E-state index is -0.500. The van der Waals surface area contributed by atoms with E-state index in [4.69, 9.17) is 9.97 Å². The standard InChI is InChI=1S/C53H34N2S/c1-3-16-35(17-4-1)52-54-48(34-49(55-52)43-25-8-7-22-40(43)36-30-31-51-45(33-36)44-26-11-14-29-50(44)56-51)37-18-15-21-39(32-37)53(38-19-5-2-6-20-38)46-27-12-9-23-41(46)42-24-10-13-28-47(42)53/h1-34H. The SMILES string of the molecule is c1ccc(-c2nc(-c3cccc(C4(c5ccccc5)c5ccccc5-c5ccccc54)c3)cc(-c3ccccc3-c3ccc4sc5ccccc5c4c3)n2)cc1. The van der Waals surface area contributed by atoms with Crippen molar-refractivity contribution in [3.05, 3.63) is 229 Å². The van der Waals surface area contributed by atoms with E-state index in [1.165, 1.54) is 59.1 Å². The van der Waals surface area contributed by atoms with E-state index in [-0.39, 0.29) is 0 Å². The van der Waals surface area contributed by atoms with Gasteiger partial charge in [-0.2, -0.15) is 0 Å². The van der Waals surface area contributed by atoms with Gasteiger partial charge < -0.3 is 0 Å². The predicted molar refractivity (Wildman–Crippen MR) is 234 cm³/mol. The normalized spacial score (nSPS) is 12.8. The maximum absolute atomic E-state index is 5.31. The van der Waals surface area contributed by atoms with E-state index >= 15 is 0 Å². The third-order valence-corrected chi connectivity index (χ3v) is 12.6. The van der Waals surface area contributed by atoms with E-state index < -0.39 is 5.41 Å². The van der Waals surface area contributed by atoms with Crippen molar-refractivity contribution in [3.8, 4) is 56.2 Å². The fourth-order valence-corrected chi connectivity index (χ4v) is 10.0. The average molecular weight is 731 g/mol. The molecule has 0 unspecified atom stereocenters. The van der Waals surface area contributed by atoms with Crippen LogP contribution < -0.4 is 0 Å². The molecule has 2 heterocycles. The Balaban J connectivity index is 1.12. The number of nitrogens with zero attached hydrogens (tertiary/aromatic N) is 2. The quantitative estimate of drug-likeness (QED) is 0.170. The Bertz CT molecular complexity index is 3040. The van der Waals surface area contributed by atoms with Crippen LogP contribution in [-0.2, 0) is 5.41 Å². The van der Waals surface area contributed by atoms with Gasteiger partial charge in [-0.15, -0.1) is 11.3 Å². The lowest BCUT2D eigenvalue weighted by Crippen LogP contribution is -2.28. The Morgan fingerprint density at radius 3 is 1.68 bits per heavy atom. The van der Waals surface area contributed by atoms with Gasteiger partial charge in [0.05, 0.1) is 16.8 Å². The van der Waals surface area contributed by atoms with Crippen molar-refractivity contribution < 1.29 is 0 Å². The van der Waals surface area contributed by atoms with Gasteiger partial charge in [0.2, 0.25) is 0 Å². The van der Waals surface area contributed by atoms with Crippen LogP contribution in [0.1, 0.15) is 22.3 Å². The predicted octanol–water partition coefficient (Wildman–Crippen LogP) is 13.9. The molecule has 0 N–H and O–H groups in total. The molecule has 0 fully saturated rings. The highest BCUT2D eigenvalue weighted by molar-refractivity contribution is 7.25. The van der Waals surface area contributed by atoms with Crippen molar-refractivity contribution in [1.82, 2.24) is 9.97 Å². The smallest absolute Gasteiger partial charge is 0.160 e. The third kappa shape index (κ3) is 5.09. The van der Waals surface area contributed by atoms with Gasteiger partial charge in [0, 0.05) is 36.9 Å². The number of hydrogen-bond donors (Lipinski definition) is 0. The molecule has 0 radical (unpaired) electrons. The molecule has 0 aliphatic heterocycles. The highest BCUT2D eigenvalue weighted by Gasteiger charge is 2.45. The minimum Gasteiger partial charge on any atom is -0.228 e. The van der Waals surface area contributed by atoms with Crippen LogP contribution in [0.5, 0.6) is 0 Å². The second-order valence-corrected chi connectivity index (χ2v) is 15.6. The van der Waals surface area contributed by atoms with Crippen LogP contribution in [0.25, 0.3) is 76.3 Å². The first-order valence-corrected chi connectivity index (χ1v) is 19.9. The van der Waals surface area contributed by atoms with E-state index in [9.17, 15) is 0 Å². The molecule has 0 saturated heterocycles. The van der Waals surface area contributed by atoms with E-state index in [0.29, 0.717) is 5.82 Å². The van der Waals surface area contributed by atoms with Gasteiger partial charge in [-0.3, -0.25) is 0 Å². The first-order valence-electron chi connectivity index (χ1n) is 19.1. The molecule has 0 bridgehead atoms. The van der Waals surface area contributed by atoms with Gasteiger partial charge in [-0.1, -0.05) is 176 Å². The van der Waals surface area contributed by atoms with Gasteiger partial charge in [-0.25, -0.2) is 9.97 Å². The molecular weight excluding hydrogens is 697 g/mol. The maximum Gasteiger partial charge on any atom is 0.160 e. The zero-order valence-corrected chi connectivity index (χ0v) is 31.2. The van der Waals surface area contributed by atoms with Gasteiger partial charge in [0.25, 0.3) is 0 Å². The van der Waals surface area contributed by atoms with Crippen LogP contribution in [0.4, 0.5) is 0 Å². The van der Waals surface area contributed by atoms with Gasteiger partial charge in [-0.05, 0) is 74.8 Å². The summed E-state index contributed by atoms with van der Waals surface area (Å²) in [5, 5.41) is 2.58. The van der Waals surface area contributed by atoms with Crippen molar-refractivity contribution in [2.45, 2.75) is 5.41 Å². The lowest BCUT2D eigenvalue weighted by molar-refractivity contribution is 0.768.